The van der Waals surface area contributed by atoms with Crippen LogP contribution in [-0.2, 0) is 11.2 Å². The van der Waals surface area contributed by atoms with Crippen LogP contribution in [0.25, 0.3) is 0 Å². The monoisotopic (exact) mass is 322 g/mol. The van der Waals surface area contributed by atoms with Crippen LogP contribution in [0.3, 0.4) is 0 Å². The van der Waals surface area contributed by atoms with Gasteiger partial charge in [0.15, 0.2) is 0 Å². The van der Waals surface area contributed by atoms with Gasteiger partial charge in [0, 0.05) is 27.4 Å². The van der Waals surface area contributed by atoms with Gasteiger partial charge in [-0.25, -0.2) is 0 Å². The lowest BCUT2D eigenvalue weighted by Gasteiger charge is -2.25. The van der Waals surface area contributed by atoms with E-state index in [1.165, 1.54) is 0 Å². The Balaban J connectivity index is 2.19. The number of benzene rings is 1. The minimum atomic E-state index is 0.192. The minimum Gasteiger partial charge on any atom is -0.381 e. The molecule has 0 spiro atoms. The fourth-order valence-corrected chi connectivity index (χ4v) is 3.13. The molecule has 0 bridgehead atoms. The second kappa shape index (κ2) is 5.26. The standard InChI is InChI=1S/C12H13BrCl2O/c13-7-12(3-4-16-8-12)6-9-1-2-10(14)5-11(9)15/h1-2,5H,3-4,6-8H2. The largest absolute Gasteiger partial charge is 0.381 e. The summed E-state index contributed by atoms with van der Waals surface area (Å²) in [4.78, 5) is 0. The highest BCUT2D eigenvalue weighted by Gasteiger charge is 2.34. The minimum absolute atomic E-state index is 0.192. The first kappa shape index (κ1) is 12.7. The van der Waals surface area contributed by atoms with Crippen molar-refractivity contribution in [1.82, 2.24) is 0 Å². The van der Waals surface area contributed by atoms with Gasteiger partial charge in [-0.3, -0.25) is 0 Å². The maximum atomic E-state index is 6.19. The highest BCUT2D eigenvalue weighted by Crippen LogP contribution is 2.36. The van der Waals surface area contributed by atoms with Crippen LogP contribution in [0.4, 0.5) is 0 Å². The average Bonchev–Trinajstić information content (AvgIpc) is 2.72. The molecule has 1 unspecified atom stereocenters. The fraction of sp³-hybridized carbons (Fsp3) is 0.500. The van der Waals surface area contributed by atoms with Crippen molar-refractivity contribution in [3.05, 3.63) is 33.8 Å². The Bertz CT molecular complexity index is 375. The van der Waals surface area contributed by atoms with Gasteiger partial charge in [-0.2, -0.15) is 0 Å². The molecule has 0 aromatic heterocycles. The maximum Gasteiger partial charge on any atom is 0.0534 e. The fourth-order valence-electron chi connectivity index (χ4n) is 2.01. The summed E-state index contributed by atoms with van der Waals surface area (Å²) in [6.07, 6.45) is 2.02. The van der Waals surface area contributed by atoms with E-state index < -0.39 is 0 Å². The van der Waals surface area contributed by atoms with Crippen molar-refractivity contribution in [2.24, 2.45) is 5.41 Å². The molecule has 1 fully saturated rings. The van der Waals surface area contributed by atoms with E-state index in [-0.39, 0.29) is 5.41 Å². The van der Waals surface area contributed by atoms with Crippen molar-refractivity contribution >= 4 is 39.1 Å². The highest BCUT2D eigenvalue weighted by molar-refractivity contribution is 9.09. The molecular weight excluding hydrogens is 311 g/mol. The van der Waals surface area contributed by atoms with Gasteiger partial charge in [0.1, 0.15) is 0 Å². The zero-order valence-electron chi connectivity index (χ0n) is 8.81. The second-order valence-electron chi connectivity index (χ2n) is 4.35. The molecule has 4 heteroatoms. The topological polar surface area (TPSA) is 9.23 Å². The van der Waals surface area contributed by atoms with E-state index in [0.29, 0.717) is 5.02 Å². The van der Waals surface area contributed by atoms with Crippen LogP contribution < -0.4 is 0 Å². The lowest BCUT2D eigenvalue weighted by molar-refractivity contribution is 0.162. The molecule has 16 heavy (non-hydrogen) atoms. The third-order valence-electron chi connectivity index (χ3n) is 3.05. The molecule has 0 amide bonds. The van der Waals surface area contributed by atoms with Crippen molar-refractivity contribution in [2.75, 3.05) is 18.5 Å². The van der Waals surface area contributed by atoms with Gasteiger partial charge in [0.05, 0.1) is 6.61 Å². The van der Waals surface area contributed by atoms with Gasteiger partial charge < -0.3 is 4.74 Å². The average molecular weight is 324 g/mol. The van der Waals surface area contributed by atoms with E-state index in [1.807, 2.05) is 12.1 Å². The zero-order chi connectivity index (χ0) is 11.6. The number of hydrogen-bond acceptors (Lipinski definition) is 1. The molecule has 0 aliphatic carbocycles. The molecule has 1 saturated heterocycles. The van der Waals surface area contributed by atoms with E-state index in [4.69, 9.17) is 27.9 Å². The first-order valence-corrected chi connectivity index (χ1v) is 7.11. The van der Waals surface area contributed by atoms with Crippen molar-refractivity contribution in [3.8, 4) is 0 Å². The quantitative estimate of drug-likeness (QED) is 0.752. The summed E-state index contributed by atoms with van der Waals surface area (Å²) in [6, 6.07) is 5.70. The Hall–Kier alpha value is 0.240. The molecule has 2 rings (SSSR count). The molecule has 1 aromatic carbocycles. The molecule has 0 radical (unpaired) electrons. The molecule has 1 aliphatic rings. The van der Waals surface area contributed by atoms with Crippen LogP contribution in [0.5, 0.6) is 0 Å². The second-order valence-corrected chi connectivity index (χ2v) is 5.75. The van der Waals surface area contributed by atoms with Crippen LogP contribution in [0.15, 0.2) is 18.2 Å². The summed E-state index contributed by atoms with van der Waals surface area (Å²) < 4.78 is 5.49. The Labute approximate surface area is 114 Å². The van der Waals surface area contributed by atoms with Crippen LogP contribution in [0, 0.1) is 5.41 Å². The zero-order valence-corrected chi connectivity index (χ0v) is 11.9. The van der Waals surface area contributed by atoms with Crippen LogP contribution in [-0.4, -0.2) is 18.5 Å². The first-order chi connectivity index (χ1) is 7.65. The molecule has 0 saturated carbocycles. The number of alkyl halides is 1. The Morgan fingerprint density at radius 1 is 1.38 bits per heavy atom. The van der Waals surface area contributed by atoms with Crippen molar-refractivity contribution in [3.63, 3.8) is 0 Å². The number of rotatable bonds is 3. The van der Waals surface area contributed by atoms with Gasteiger partial charge in [0.25, 0.3) is 0 Å². The summed E-state index contributed by atoms with van der Waals surface area (Å²) in [5.41, 5.74) is 1.34. The van der Waals surface area contributed by atoms with E-state index in [9.17, 15) is 0 Å². The van der Waals surface area contributed by atoms with E-state index >= 15 is 0 Å². The number of ether oxygens (including phenoxy) is 1. The van der Waals surface area contributed by atoms with Gasteiger partial charge in [0.2, 0.25) is 0 Å². The Kier molecular flexibility index (Phi) is 4.17. The molecule has 1 aliphatic heterocycles. The summed E-state index contributed by atoms with van der Waals surface area (Å²) in [5, 5.41) is 2.38. The Morgan fingerprint density at radius 3 is 2.75 bits per heavy atom. The molecule has 1 aromatic rings. The first-order valence-electron chi connectivity index (χ1n) is 5.23. The van der Waals surface area contributed by atoms with Crippen molar-refractivity contribution in [1.29, 1.82) is 0 Å². The highest BCUT2D eigenvalue weighted by atomic mass is 79.9. The van der Waals surface area contributed by atoms with Crippen LogP contribution >= 0.6 is 39.1 Å². The number of halogens is 3. The molecule has 1 nitrogen and oxygen atoms in total. The smallest absolute Gasteiger partial charge is 0.0534 e. The lowest BCUT2D eigenvalue weighted by Crippen LogP contribution is -2.26. The van der Waals surface area contributed by atoms with Gasteiger partial charge in [-0.1, -0.05) is 45.2 Å². The third-order valence-corrected chi connectivity index (χ3v) is 4.83. The van der Waals surface area contributed by atoms with Crippen molar-refractivity contribution in [2.45, 2.75) is 12.8 Å². The number of hydrogen-bond donors (Lipinski definition) is 0. The van der Waals surface area contributed by atoms with E-state index in [0.717, 1.165) is 42.0 Å². The predicted octanol–water partition coefficient (Wildman–Crippen LogP) is 4.34. The lowest BCUT2D eigenvalue weighted by atomic mass is 9.83. The summed E-state index contributed by atoms with van der Waals surface area (Å²) in [5.74, 6) is 0. The predicted molar refractivity (Wildman–Crippen MR) is 71.8 cm³/mol. The molecule has 1 heterocycles. The van der Waals surface area contributed by atoms with Gasteiger partial charge >= 0.3 is 0 Å². The maximum absolute atomic E-state index is 6.19. The Morgan fingerprint density at radius 2 is 2.19 bits per heavy atom. The van der Waals surface area contributed by atoms with Gasteiger partial charge in [-0.15, -0.1) is 0 Å². The normalized spacial score (nSPS) is 24.9. The van der Waals surface area contributed by atoms with Gasteiger partial charge in [-0.05, 0) is 30.5 Å². The SMILES string of the molecule is Clc1ccc(CC2(CBr)CCOC2)c(Cl)c1. The molecule has 1 atom stereocenters. The third kappa shape index (κ3) is 2.73. The van der Waals surface area contributed by atoms with E-state index in [1.54, 1.807) is 6.07 Å². The van der Waals surface area contributed by atoms with Crippen LogP contribution in [0.2, 0.25) is 10.0 Å². The summed E-state index contributed by atoms with van der Waals surface area (Å²) in [7, 11) is 0. The summed E-state index contributed by atoms with van der Waals surface area (Å²) >= 11 is 15.7. The van der Waals surface area contributed by atoms with Crippen LogP contribution in [0.1, 0.15) is 12.0 Å². The van der Waals surface area contributed by atoms with Crippen molar-refractivity contribution < 1.29 is 4.74 Å². The molecular formula is C12H13BrCl2O. The summed E-state index contributed by atoms with van der Waals surface area (Å²) in [6.45, 7) is 1.65. The molecule has 88 valence electrons. The molecule has 0 N–H and O–H groups in total. The van der Waals surface area contributed by atoms with E-state index in [2.05, 4.69) is 15.9 Å².